The highest BCUT2D eigenvalue weighted by Crippen LogP contribution is 2.45. The third kappa shape index (κ3) is 3.58. The van der Waals surface area contributed by atoms with Gasteiger partial charge in [-0.05, 0) is 51.2 Å². The summed E-state index contributed by atoms with van der Waals surface area (Å²) in [7, 11) is 0. The van der Waals surface area contributed by atoms with Gasteiger partial charge in [-0.15, -0.1) is 0 Å². The summed E-state index contributed by atoms with van der Waals surface area (Å²) in [4.78, 5) is 9.84. The summed E-state index contributed by atoms with van der Waals surface area (Å²) in [5.74, 6) is 0. The van der Waals surface area contributed by atoms with Gasteiger partial charge in [-0.1, -0.05) is 121 Å². The van der Waals surface area contributed by atoms with Gasteiger partial charge in [0.25, 0.3) is 0 Å². The zero-order chi connectivity index (χ0) is 26.5. The van der Waals surface area contributed by atoms with Crippen LogP contribution in [0, 0.1) is 0 Å². The van der Waals surface area contributed by atoms with Crippen molar-refractivity contribution >= 4 is 43.4 Å². The Balaban J connectivity index is 1.41. The Morgan fingerprint density at radius 3 is 1.77 bits per heavy atom. The molecule has 0 bridgehead atoms. The minimum Gasteiger partial charge on any atom is -0.256 e. The van der Waals surface area contributed by atoms with Gasteiger partial charge in [0.05, 0.1) is 16.7 Å². The molecule has 6 aromatic carbocycles. The molecule has 0 spiro atoms. The second-order valence-electron chi connectivity index (χ2n) is 10.2. The average molecular weight is 509 g/mol. The van der Waals surface area contributed by atoms with Gasteiger partial charge in [0.2, 0.25) is 0 Å². The van der Waals surface area contributed by atoms with Crippen molar-refractivity contribution in [3.8, 4) is 33.5 Å². The van der Waals surface area contributed by atoms with Gasteiger partial charge in [-0.2, -0.15) is 0 Å². The number of rotatable bonds is 3. The average Bonchev–Trinajstić information content (AvgIpc) is 3.04. The zero-order valence-corrected chi connectivity index (χ0v) is 21.8. The molecule has 2 heterocycles. The van der Waals surface area contributed by atoms with Crippen LogP contribution >= 0.6 is 0 Å². The van der Waals surface area contributed by atoms with E-state index in [0.29, 0.717) is 0 Å². The van der Waals surface area contributed by atoms with Crippen LogP contribution < -0.4 is 0 Å². The first-order valence-electron chi connectivity index (χ1n) is 13.6. The third-order valence-electron chi connectivity index (χ3n) is 7.89. The molecule has 8 aromatic rings. The highest BCUT2D eigenvalue weighted by Gasteiger charge is 2.19. The quantitative estimate of drug-likeness (QED) is 0.175. The number of aromatic nitrogens is 2. The van der Waals surface area contributed by atoms with Crippen molar-refractivity contribution in [1.29, 1.82) is 0 Å². The summed E-state index contributed by atoms with van der Waals surface area (Å²) in [6, 6.07) is 49.3. The molecule has 2 heteroatoms. The Hall–Kier alpha value is -5.34. The van der Waals surface area contributed by atoms with Crippen molar-refractivity contribution in [1.82, 2.24) is 9.97 Å². The van der Waals surface area contributed by atoms with Crippen LogP contribution in [-0.2, 0) is 0 Å². The Bertz CT molecular complexity index is 2200. The van der Waals surface area contributed by atoms with Crippen LogP contribution in [-0.4, -0.2) is 9.97 Å². The molecule has 0 fully saturated rings. The minimum absolute atomic E-state index is 0.979. The fourth-order valence-corrected chi connectivity index (χ4v) is 6.05. The van der Waals surface area contributed by atoms with Gasteiger partial charge in [0.15, 0.2) is 0 Å². The van der Waals surface area contributed by atoms with Crippen molar-refractivity contribution in [3.05, 3.63) is 146 Å². The minimum atomic E-state index is 0.979. The molecule has 0 radical (unpaired) electrons. The van der Waals surface area contributed by atoms with Gasteiger partial charge in [-0.3, -0.25) is 4.98 Å². The maximum absolute atomic E-state index is 4.92. The fourth-order valence-electron chi connectivity index (χ4n) is 6.05. The van der Waals surface area contributed by atoms with Crippen LogP contribution in [0.3, 0.4) is 0 Å². The number of fused-ring (bicyclic) bond motifs is 5. The molecule has 0 N–H and O–H groups in total. The van der Waals surface area contributed by atoms with E-state index in [4.69, 9.17) is 9.97 Å². The van der Waals surface area contributed by atoms with Crippen molar-refractivity contribution in [2.24, 2.45) is 0 Å². The molecule has 8 rings (SSSR count). The van der Waals surface area contributed by atoms with E-state index in [1.807, 2.05) is 12.1 Å². The van der Waals surface area contributed by atoms with E-state index in [9.17, 15) is 0 Å². The summed E-state index contributed by atoms with van der Waals surface area (Å²) in [5, 5.41) is 7.19. The van der Waals surface area contributed by atoms with Crippen LogP contribution in [0.4, 0.5) is 0 Å². The van der Waals surface area contributed by atoms with Gasteiger partial charge < -0.3 is 0 Å². The molecule has 0 aliphatic carbocycles. The lowest BCUT2D eigenvalue weighted by Gasteiger charge is -2.19. The molecule has 0 saturated heterocycles. The molecule has 2 nitrogen and oxygen atoms in total. The summed E-state index contributed by atoms with van der Waals surface area (Å²) in [6.45, 7) is 0. The van der Waals surface area contributed by atoms with E-state index >= 15 is 0 Å². The first-order valence-corrected chi connectivity index (χ1v) is 13.6. The summed E-state index contributed by atoms with van der Waals surface area (Å²) >= 11 is 0. The van der Waals surface area contributed by atoms with Gasteiger partial charge >= 0.3 is 0 Å². The molecule has 0 aliphatic rings. The molecular weight excluding hydrogens is 484 g/mol. The number of hydrogen-bond donors (Lipinski definition) is 0. The van der Waals surface area contributed by atoms with Crippen molar-refractivity contribution in [2.45, 2.75) is 0 Å². The number of para-hydroxylation sites is 2. The molecule has 186 valence electrons. The lowest BCUT2D eigenvalue weighted by molar-refractivity contribution is 1.40. The number of pyridine rings is 2. The van der Waals surface area contributed by atoms with Crippen molar-refractivity contribution in [3.63, 3.8) is 0 Å². The third-order valence-corrected chi connectivity index (χ3v) is 7.89. The molecule has 40 heavy (non-hydrogen) atoms. The highest BCUT2D eigenvalue weighted by molar-refractivity contribution is 6.27. The highest BCUT2D eigenvalue weighted by atomic mass is 14.7. The largest absolute Gasteiger partial charge is 0.256 e. The van der Waals surface area contributed by atoms with Crippen LogP contribution in [0.15, 0.2) is 146 Å². The van der Waals surface area contributed by atoms with E-state index < -0.39 is 0 Å². The van der Waals surface area contributed by atoms with Crippen LogP contribution in [0.2, 0.25) is 0 Å². The molecule has 0 aliphatic heterocycles. The standard InChI is InChI=1S/C38H24N2/c1-2-11-27(12-3-1)37-30-14-6-5-13-29(30)36(32-24-39-35-17-9-7-15-31(35)38(32)37)28-20-18-26(19-21-28)34-23-22-25-10-4-8-16-33(25)40-34/h1-24H. The Morgan fingerprint density at radius 2 is 0.975 bits per heavy atom. The number of benzene rings is 6. The summed E-state index contributed by atoms with van der Waals surface area (Å²) in [5.41, 5.74) is 8.94. The Morgan fingerprint density at radius 1 is 0.375 bits per heavy atom. The van der Waals surface area contributed by atoms with Crippen LogP contribution in [0.1, 0.15) is 0 Å². The van der Waals surface area contributed by atoms with E-state index in [0.717, 1.165) is 33.1 Å². The van der Waals surface area contributed by atoms with Crippen molar-refractivity contribution < 1.29 is 0 Å². The lowest BCUT2D eigenvalue weighted by Crippen LogP contribution is -1.93. The fraction of sp³-hybridized carbons (Fsp3) is 0. The number of nitrogens with zero attached hydrogens (tertiary/aromatic N) is 2. The molecule has 0 unspecified atom stereocenters. The van der Waals surface area contributed by atoms with Crippen LogP contribution in [0.5, 0.6) is 0 Å². The molecule has 0 saturated carbocycles. The van der Waals surface area contributed by atoms with E-state index in [2.05, 4.69) is 134 Å². The number of hydrogen-bond acceptors (Lipinski definition) is 2. The zero-order valence-electron chi connectivity index (χ0n) is 21.8. The van der Waals surface area contributed by atoms with Crippen molar-refractivity contribution in [2.75, 3.05) is 0 Å². The van der Waals surface area contributed by atoms with E-state index in [1.54, 1.807) is 0 Å². The normalized spacial score (nSPS) is 11.5. The first-order chi connectivity index (χ1) is 19.8. The monoisotopic (exact) mass is 508 g/mol. The molecular formula is C38H24N2. The smallest absolute Gasteiger partial charge is 0.0709 e. The van der Waals surface area contributed by atoms with Gasteiger partial charge in [0, 0.05) is 33.3 Å². The Labute approximate surface area is 232 Å². The Kier molecular flexibility index (Phi) is 5.17. The predicted molar refractivity (Wildman–Crippen MR) is 168 cm³/mol. The SMILES string of the molecule is c1ccc(-c2c3ccccc3c(-c3ccc(-c4ccc5ccccc5n4)cc3)c3cnc4ccccc4c23)cc1. The maximum Gasteiger partial charge on any atom is 0.0709 e. The van der Waals surface area contributed by atoms with E-state index in [-0.39, 0.29) is 0 Å². The van der Waals surface area contributed by atoms with E-state index in [1.165, 1.54) is 43.8 Å². The van der Waals surface area contributed by atoms with Crippen LogP contribution in [0.25, 0.3) is 76.9 Å². The molecule has 0 atom stereocenters. The molecule has 2 aromatic heterocycles. The van der Waals surface area contributed by atoms with Gasteiger partial charge in [-0.25, -0.2) is 4.98 Å². The summed E-state index contributed by atoms with van der Waals surface area (Å²) in [6.07, 6.45) is 2.06. The lowest BCUT2D eigenvalue weighted by atomic mass is 9.85. The second kappa shape index (κ2) is 9.14. The first kappa shape index (κ1) is 22.6. The maximum atomic E-state index is 4.92. The predicted octanol–water partition coefficient (Wildman–Crippen LogP) is 10.1. The van der Waals surface area contributed by atoms with Gasteiger partial charge in [0.1, 0.15) is 0 Å². The summed E-state index contributed by atoms with van der Waals surface area (Å²) < 4.78 is 0. The second-order valence-corrected chi connectivity index (χ2v) is 10.2. The molecule has 0 amide bonds. The topological polar surface area (TPSA) is 25.8 Å².